The lowest BCUT2D eigenvalue weighted by Crippen LogP contribution is -2.29. The number of nitrogens with zero attached hydrogens (tertiary/aromatic N) is 1. The van der Waals surface area contributed by atoms with Crippen LogP contribution in [0.4, 0.5) is 5.69 Å². The fourth-order valence-corrected chi connectivity index (χ4v) is 5.03. The smallest absolute Gasteiger partial charge is 0.295 e. The van der Waals surface area contributed by atoms with Crippen LogP contribution < -0.4 is 15.1 Å². The summed E-state index contributed by atoms with van der Waals surface area (Å²) in [4.78, 5) is 29.4. The molecular formula is C33H27NO4. The van der Waals surface area contributed by atoms with E-state index in [1.807, 2.05) is 106 Å². The normalized spacial score (nSPS) is 14.7. The van der Waals surface area contributed by atoms with Gasteiger partial charge in [-0.3, -0.25) is 14.5 Å². The first-order valence-corrected chi connectivity index (χ1v) is 12.7. The molecule has 1 aromatic heterocycles. The third-order valence-electron chi connectivity index (χ3n) is 7.24. The van der Waals surface area contributed by atoms with Gasteiger partial charge in [-0.2, -0.15) is 0 Å². The Bertz CT molecular complexity index is 1740. The molecule has 0 aliphatic carbocycles. The number of aryl methyl sites for hydroxylation is 3. The van der Waals surface area contributed by atoms with Crippen LogP contribution in [0, 0.1) is 20.8 Å². The Morgan fingerprint density at radius 3 is 2.32 bits per heavy atom. The molecule has 188 valence electrons. The second-order valence-electron chi connectivity index (χ2n) is 9.86. The van der Waals surface area contributed by atoms with Crippen molar-refractivity contribution in [2.45, 2.75) is 33.4 Å². The number of fused-ring (bicyclic) bond motifs is 2. The lowest BCUT2D eigenvalue weighted by atomic mass is 9.97. The Labute approximate surface area is 220 Å². The molecule has 1 atom stereocenters. The maximum absolute atomic E-state index is 13.9. The van der Waals surface area contributed by atoms with Crippen LogP contribution in [0.1, 0.15) is 50.0 Å². The molecule has 2 heterocycles. The van der Waals surface area contributed by atoms with Crippen LogP contribution in [0.2, 0.25) is 0 Å². The standard InChI is InChI=1S/C33H27NO4/c1-20-9-16-28-27(17-20)31(35)29-30(24-11-14-26(15-12-24)37-19-23-7-5-4-6-8-23)34(33(36)32(29)38-28)25-13-10-21(2)22(3)18-25/h4-18,30H,19H2,1-3H3. The van der Waals surface area contributed by atoms with Gasteiger partial charge in [-0.25, -0.2) is 0 Å². The molecule has 0 spiro atoms. The molecule has 1 unspecified atom stereocenters. The van der Waals surface area contributed by atoms with Crippen molar-refractivity contribution in [1.29, 1.82) is 0 Å². The molecule has 5 nitrogen and oxygen atoms in total. The fraction of sp³-hybridized carbons (Fsp3) is 0.152. The number of rotatable bonds is 5. The average molecular weight is 502 g/mol. The first-order chi connectivity index (χ1) is 18.4. The number of hydrogen-bond acceptors (Lipinski definition) is 4. The van der Waals surface area contributed by atoms with Gasteiger partial charge in [0.25, 0.3) is 5.91 Å². The molecule has 0 saturated heterocycles. The van der Waals surface area contributed by atoms with E-state index in [1.54, 1.807) is 11.0 Å². The van der Waals surface area contributed by atoms with Crippen molar-refractivity contribution in [2.75, 3.05) is 4.90 Å². The molecule has 6 rings (SSSR count). The number of hydrogen-bond donors (Lipinski definition) is 0. The van der Waals surface area contributed by atoms with Crippen molar-refractivity contribution in [2.24, 2.45) is 0 Å². The Balaban J connectivity index is 1.46. The molecule has 0 N–H and O–H groups in total. The summed E-state index contributed by atoms with van der Waals surface area (Å²) in [5, 5.41) is 0.478. The summed E-state index contributed by atoms with van der Waals surface area (Å²) in [5.41, 5.74) is 6.35. The zero-order chi connectivity index (χ0) is 26.4. The van der Waals surface area contributed by atoms with Crippen molar-refractivity contribution < 1.29 is 13.9 Å². The van der Waals surface area contributed by atoms with Gasteiger partial charge in [0.1, 0.15) is 17.9 Å². The topological polar surface area (TPSA) is 59.8 Å². The lowest BCUT2D eigenvalue weighted by Gasteiger charge is -2.26. The highest BCUT2D eigenvalue weighted by atomic mass is 16.5. The van der Waals surface area contributed by atoms with Gasteiger partial charge in [0.05, 0.1) is 17.0 Å². The van der Waals surface area contributed by atoms with E-state index >= 15 is 0 Å². The average Bonchev–Trinajstić information content (AvgIpc) is 3.22. The highest BCUT2D eigenvalue weighted by Crippen LogP contribution is 2.42. The van der Waals surface area contributed by atoms with Crippen LogP contribution >= 0.6 is 0 Å². The van der Waals surface area contributed by atoms with Crippen molar-refractivity contribution >= 4 is 22.6 Å². The second kappa shape index (κ2) is 9.34. The molecule has 1 aliphatic rings. The van der Waals surface area contributed by atoms with Crippen molar-refractivity contribution in [3.63, 3.8) is 0 Å². The fourth-order valence-electron chi connectivity index (χ4n) is 5.03. The number of carbonyl (C=O) groups excluding carboxylic acids is 1. The van der Waals surface area contributed by atoms with E-state index in [4.69, 9.17) is 9.15 Å². The summed E-state index contributed by atoms with van der Waals surface area (Å²) < 4.78 is 12.1. The van der Waals surface area contributed by atoms with Gasteiger partial charge in [-0.05, 0) is 79.4 Å². The summed E-state index contributed by atoms with van der Waals surface area (Å²) in [6, 6.07) is 28.3. The molecule has 38 heavy (non-hydrogen) atoms. The minimum absolute atomic E-state index is 0.0963. The zero-order valence-corrected chi connectivity index (χ0v) is 21.5. The van der Waals surface area contributed by atoms with Crippen LogP contribution in [-0.4, -0.2) is 5.91 Å². The second-order valence-corrected chi connectivity index (χ2v) is 9.86. The first kappa shape index (κ1) is 23.7. The number of ether oxygens (including phenoxy) is 1. The van der Waals surface area contributed by atoms with Gasteiger partial charge in [-0.15, -0.1) is 0 Å². The van der Waals surface area contributed by atoms with Crippen LogP contribution in [-0.2, 0) is 6.61 Å². The molecule has 5 heteroatoms. The monoisotopic (exact) mass is 501 g/mol. The zero-order valence-electron chi connectivity index (χ0n) is 21.5. The Morgan fingerprint density at radius 1 is 0.816 bits per heavy atom. The highest BCUT2D eigenvalue weighted by Gasteiger charge is 2.43. The quantitative estimate of drug-likeness (QED) is 0.259. The van der Waals surface area contributed by atoms with Crippen LogP contribution in [0.15, 0.2) is 100 Å². The number of benzene rings is 4. The Kier molecular flexibility index (Phi) is 5.84. The van der Waals surface area contributed by atoms with Gasteiger partial charge >= 0.3 is 0 Å². The van der Waals surface area contributed by atoms with Gasteiger partial charge < -0.3 is 9.15 Å². The molecule has 0 saturated carbocycles. The lowest BCUT2D eigenvalue weighted by molar-refractivity contribution is 0.0971. The van der Waals surface area contributed by atoms with E-state index in [-0.39, 0.29) is 17.1 Å². The summed E-state index contributed by atoms with van der Waals surface area (Å²) >= 11 is 0. The van der Waals surface area contributed by atoms with Crippen LogP contribution in [0.25, 0.3) is 11.0 Å². The van der Waals surface area contributed by atoms with Gasteiger partial charge in [0.2, 0.25) is 5.76 Å². The predicted molar refractivity (Wildman–Crippen MR) is 149 cm³/mol. The number of anilines is 1. The third kappa shape index (κ3) is 4.06. The maximum Gasteiger partial charge on any atom is 0.295 e. The molecule has 1 amide bonds. The van der Waals surface area contributed by atoms with Gasteiger partial charge in [0.15, 0.2) is 5.43 Å². The third-order valence-corrected chi connectivity index (χ3v) is 7.24. The van der Waals surface area contributed by atoms with E-state index in [9.17, 15) is 9.59 Å². The Morgan fingerprint density at radius 2 is 1.58 bits per heavy atom. The van der Waals surface area contributed by atoms with Gasteiger partial charge in [0, 0.05) is 5.69 Å². The van der Waals surface area contributed by atoms with Crippen LogP contribution in [0.5, 0.6) is 5.75 Å². The van der Waals surface area contributed by atoms with E-state index in [1.165, 1.54) is 0 Å². The van der Waals surface area contributed by atoms with E-state index in [0.717, 1.165) is 33.5 Å². The summed E-state index contributed by atoms with van der Waals surface area (Å²) in [6.45, 7) is 6.44. The maximum atomic E-state index is 13.9. The molecule has 0 bridgehead atoms. The highest BCUT2D eigenvalue weighted by molar-refractivity contribution is 6.10. The molecule has 0 radical (unpaired) electrons. The van der Waals surface area contributed by atoms with E-state index in [0.29, 0.717) is 28.9 Å². The molecule has 0 fully saturated rings. The predicted octanol–water partition coefficient (Wildman–Crippen LogP) is 7.05. The van der Waals surface area contributed by atoms with E-state index < -0.39 is 6.04 Å². The minimum Gasteiger partial charge on any atom is -0.489 e. The molecular weight excluding hydrogens is 474 g/mol. The van der Waals surface area contributed by atoms with Gasteiger partial charge in [-0.1, -0.05) is 60.2 Å². The number of carbonyl (C=O) groups is 1. The van der Waals surface area contributed by atoms with Crippen molar-refractivity contribution in [1.82, 2.24) is 0 Å². The summed E-state index contributed by atoms with van der Waals surface area (Å²) in [7, 11) is 0. The summed E-state index contributed by atoms with van der Waals surface area (Å²) in [5.74, 6) is 0.484. The number of amides is 1. The molecule has 1 aliphatic heterocycles. The van der Waals surface area contributed by atoms with Crippen LogP contribution in [0.3, 0.4) is 0 Å². The first-order valence-electron chi connectivity index (χ1n) is 12.7. The molecule has 5 aromatic rings. The summed E-state index contributed by atoms with van der Waals surface area (Å²) in [6.07, 6.45) is 0. The SMILES string of the molecule is Cc1ccc2oc3c(c(=O)c2c1)C(c1ccc(OCc2ccccc2)cc1)N(c1ccc(C)c(C)c1)C3=O. The Hall–Kier alpha value is -4.64. The van der Waals surface area contributed by atoms with Crippen molar-refractivity contribution in [3.05, 3.63) is 140 Å². The van der Waals surface area contributed by atoms with E-state index in [2.05, 4.69) is 0 Å². The molecule has 4 aromatic carbocycles. The van der Waals surface area contributed by atoms with Crippen molar-refractivity contribution in [3.8, 4) is 5.75 Å². The minimum atomic E-state index is -0.621. The largest absolute Gasteiger partial charge is 0.489 e.